The monoisotopic (exact) mass is 290 g/mol. The van der Waals surface area contributed by atoms with Crippen LogP contribution in [0, 0.1) is 0 Å². The molecule has 2 aromatic carbocycles. The number of rotatable bonds is 4. The second-order valence-corrected chi connectivity index (χ2v) is 4.61. The van der Waals surface area contributed by atoms with Crippen LogP contribution in [0.3, 0.4) is 0 Å². The van der Waals surface area contributed by atoms with Gasteiger partial charge < -0.3 is 10.1 Å². The molecule has 4 heteroatoms. The lowest BCUT2D eigenvalue weighted by Crippen LogP contribution is -2.12. The Balaban J connectivity index is 1.81. The molecule has 0 spiro atoms. The number of carbonyl (C=O) groups is 1. The van der Waals surface area contributed by atoms with Crippen molar-refractivity contribution in [3.05, 3.63) is 84.7 Å². The number of nitrogens with zero attached hydrogens (tertiary/aromatic N) is 1. The Kier molecular flexibility index (Phi) is 4.11. The van der Waals surface area contributed by atoms with Crippen molar-refractivity contribution in [2.75, 3.05) is 5.32 Å². The van der Waals surface area contributed by atoms with E-state index in [1.807, 2.05) is 48.5 Å². The van der Waals surface area contributed by atoms with Gasteiger partial charge in [0.2, 0.25) is 0 Å². The molecule has 108 valence electrons. The second-order valence-electron chi connectivity index (χ2n) is 4.61. The predicted octanol–water partition coefficient (Wildman–Crippen LogP) is 4.13. The van der Waals surface area contributed by atoms with Crippen LogP contribution < -0.4 is 10.1 Å². The Hall–Kier alpha value is -3.14. The number of aromatic nitrogens is 1. The Labute approximate surface area is 128 Å². The molecule has 0 fully saturated rings. The maximum Gasteiger partial charge on any atom is 0.257 e. The van der Waals surface area contributed by atoms with Crippen molar-refractivity contribution in [3.63, 3.8) is 0 Å². The van der Waals surface area contributed by atoms with Crippen molar-refractivity contribution < 1.29 is 9.53 Å². The van der Waals surface area contributed by atoms with Crippen LogP contribution in [-0.2, 0) is 0 Å². The van der Waals surface area contributed by atoms with Crippen LogP contribution in [0.4, 0.5) is 5.69 Å². The fourth-order valence-corrected chi connectivity index (χ4v) is 1.97. The SMILES string of the molecule is O=C(Nc1ccccc1Oc1ccccc1)c1cccnc1. The molecule has 0 bridgehead atoms. The molecule has 0 unspecified atom stereocenters. The number of hydrogen-bond donors (Lipinski definition) is 1. The van der Waals surface area contributed by atoms with Crippen LogP contribution in [0.25, 0.3) is 0 Å². The number of nitrogens with one attached hydrogen (secondary N) is 1. The number of pyridine rings is 1. The maximum atomic E-state index is 12.2. The summed E-state index contributed by atoms with van der Waals surface area (Å²) in [6.45, 7) is 0. The highest BCUT2D eigenvalue weighted by Crippen LogP contribution is 2.29. The van der Waals surface area contributed by atoms with Gasteiger partial charge in [0.15, 0.2) is 5.75 Å². The first-order valence-corrected chi connectivity index (χ1v) is 6.86. The third-order valence-electron chi connectivity index (χ3n) is 3.03. The van der Waals surface area contributed by atoms with Crippen LogP contribution in [0.2, 0.25) is 0 Å². The summed E-state index contributed by atoms with van der Waals surface area (Å²) in [5, 5.41) is 2.84. The molecule has 0 aliphatic heterocycles. The van der Waals surface area contributed by atoms with E-state index in [0.29, 0.717) is 22.7 Å². The predicted molar refractivity (Wildman–Crippen MR) is 85.1 cm³/mol. The Morgan fingerprint density at radius 3 is 2.45 bits per heavy atom. The van der Waals surface area contributed by atoms with Gasteiger partial charge in [-0.15, -0.1) is 0 Å². The van der Waals surface area contributed by atoms with Gasteiger partial charge in [0, 0.05) is 12.4 Å². The van der Waals surface area contributed by atoms with Gasteiger partial charge in [-0.25, -0.2) is 0 Å². The molecule has 0 saturated carbocycles. The molecule has 3 rings (SSSR count). The van der Waals surface area contributed by atoms with Gasteiger partial charge in [-0.05, 0) is 36.4 Å². The van der Waals surface area contributed by atoms with E-state index < -0.39 is 0 Å². The number of hydrogen-bond acceptors (Lipinski definition) is 3. The Morgan fingerprint density at radius 2 is 1.68 bits per heavy atom. The van der Waals surface area contributed by atoms with Crippen molar-refractivity contribution in [2.45, 2.75) is 0 Å². The lowest BCUT2D eigenvalue weighted by molar-refractivity contribution is 0.102. The zero-order valence-corrected chi connectivity index (χ0v) is 11.8. The van der Waals surface area contributed by atoms with E-state index in [1.54, 1.807) is 24.4 Å². The zero-order chi connectivity index (χ0) is 15.2. The smallest absolute Gasteiger partial charge is 0.257 e. The quantitative estimate of drug-likeness (QED) is 0.786. The number of anilines is 1. The average molecular weight is 290 g/mol. The summed E-state index contributed by atoms with van der Waals surface area (Å²) in [4.78, 5) is 16.2. The molecule has 1 amide bonds. The molecule has 1 heterocycles. The van der Waals surface area contributed by atoms with Gasteiger partial charge in [0.05, 0.1) is 11.3 Å². The summed E-state index contributed by atoms with van der Waals surface area (Å²) in [7, 11) is 0. The number of amides is 1. The van der Waals surface area contributed by atoms with Gasteiger partial charge in [-0.3, -0.25) is 9.78 Å². The number of ether oxygens (including phenoxy) is 1. The van der Waals surface area contributed by atoms with E-state index in [1.165, 1.54) is 6.20 Å². The zero-order valence-electron chi connectivity index (χ0n) is 11.8. The van der Waals surface area contributed by atoms with Crippen molar-refractivity contribution in [1.29, 1.82) is 0 Å². The molecule has 0 saturated heterocycles. The molecule has 1 aromatic heterocycles. The van der Waals surface area contributed by atoms with E-state index in [-0.39, 0.29) is 5.91 Å². The third kappa shape index (κ3) is 3.30. The van der Waals surface area contributed by atoms with E-state index in [9.17, 15) is 4.79 Å². The largest absolute Gasteiger partial charge is 0.455 e. The van der Waals surface area contributed by atoms with Crippen molar-refractivity contribution in [2.24, 2.45) is 0 Å². The molecule has 0 atom stereocenters. The van der Waals surface area contributed by atoms with Gasteiger partial charge in [0.25, 0.3) is 5.91 Å². The van der Waals surface area contributed by atoms with Crippen LogP contribution in [0.15, 0.2) is 79.1 Å². The van der Waals surface area contributed by atoms with Crippen LogP contribution >= 0.6 is 0 Å². The molecule has 0 radical (unpaired) electrons. The second kappa shape index (κ2) is 6.54. The Morgan fingerprint density at radius 1 is 0.909 bits per heavy atom. The third-order valence-corrected chi connectivity index (χ3v) is 3.03. The van der Waals surface area contributed by atoms with Crippen molar-refractivity contribution in [3.8, 4) is 11.5 Å². The normalized spacial score (nSPS) is 10.0. The first kappa shape index (κ1) is 13.8. The lowest BCUT2D eigenvalue weighted by Gasteiger charge is -2.12. The van der Waals surface area contributed by atoms with Crippen LogP contribution in [0.5, 0.6) is 11.5 Å². The van der Waals surface area contributed by atoms with Gasteiger partial charge in [-0.1, -0.05) is 30.3 Å². The number of para-hydroxylation sites is 3. The highest BCUT2D eigenvalue weighted by Gasteiger charge is 2.10. The Bertz CT molecular complexity index is 758. The summed E-state index contributed by atoms with van der Waals surface area (Å²) < 4.78 is 5.82. The van der Waals surface area contributed by atoms with Gasteiger partial charge in [0.1, 0.15) is 5.75 Å². The summed E-state index contributed by atoms with van der Waals surface area (Å²) in [5.41, 5.74) is 1.11. The minimum absolute atomic E-state index is 0.225. The fourth-order valence-electron chi connectivity index (χ4n) is 1.97. The number of benzene rings is 2. The standard InChI is InChI=1S/C18H14N2O2/c21-18(14-7-6-12-19-13-14)20-16-10-4-5-11-17(16)22-15-8-2-1-3-9-15/h1-13H,(H,20,21). The van der Waals surface area contributed by atoms with E-state index in [2.05, 4.69) is 10.3 Å². The van der Waals surface area contributed by atoms with E-state index >= 15 is 0 Å². The molecule has 1 N–H and O–H groups in total. The highest BCUT2D eigenvalue weighted by atomic mass is 16.5. The van der Waals surface area contributed by atoms with Crippen molar-refractivity contribution in [1.82, 2.24) is 4.98 Å². The summed E-state index contributed by atoms with van der Waals surface area (Å²) in [6.07, 6.45) is 3.15. The molecular weight excluding hydrogens is 276 g/mol. The molecular formula is C18H14N2O2. The first-order valence-electron chi connectivity index (χ1n) is 6.86. The average Bonchev–Trinajstić information content (AvgIpc) is 2.58. The molecule has 0 aliphatic rings. The topological polar surface area (TPSA) is 51.2 Å². The van der Waals surface area contributed by atoms with Crippen LogP contribution in [-0.4, -0.2) is 10.9 Å². The molecule has 22 heavy (non-hydrogen) atoms. The van der Waals surface area contributed by atoms with E-state index in [4.69, 9.17) is 4.74 Å². The van der Waals surface area contributed by atoms with Crippen LogP contribution in [0.1, 0.15) is 10.4 Å². The summed E-state index contributed by atoms with van der Waals surface area (Å²) in [6, 6.07) is 20.2. The van der Waals surface area contributed by atoms with Gasteiger partial charge in [-0.2, -0.15) is 0 Å². The minimum Gasteiger partial charge on any atom is -0.455 e. The lowest BCUT2D eigenvalue weighted by atomic mass is 10.2. The number of carbonyl (C=O) groups excluding carboxylic acids is 1. The maximum absolute atomic E-state index is 12.2. The molecule has 3 aromatic rings. The minimum atomic E-state index is -0.225. The van der Waals surface area contributed by atoms with Gasteiger partial charge >= 0.3 is 0 Å². The van der Waals surface area contributed by atoms with Crippen molar-refractivity contribution >= 4 is 11.6 Å². The fraction of sp³-hybridized carbons (Fsp3) is 0. The van der Waals surface area contributed by atoms with E-state index in [0.717, 1.165) is 0 Å². The highest BCUT2D eigenvalue weighted by molar-refractivity contribution is 6.04. The molecule has 4 nitrogen and oxygen atoms in total. The first-order chi connectivity index (χ1) is 10.8. The summed E-state index contributed by atoms with van der Waals surface area (Å²) >= 11 is 0. The molecule has 0 aliphatic carbocycles. The summed E-state index contributed by atoms with van der Waals surface area (Å²) in [5.74, 6) is 1.08.